The van der Waals surface area contributed by atoms with Crippen LogP contribution >= 0.6 is 38.6 Å². The van der Waals surface area contributed by atoms with E-state index in [1.54, 1.807) is 22.7 Å². The highest BCUT2D eigenvalue weighted by molar-refractivity contribution is 9.11. The number of nitrogens with zero attached hydrogens (tertiary/aromatic N) is 1. The predicted molar refractivity (Wildman–Crippen MR) is 74.3 cm³/mol. The summed E-state index contributed by atoms with van der Waals surface area (Å²) in [6.45, 7) is 4.06. The molecule has 0 spiro atoms. The van der Waals surface area contributed by atoms with Crippen LogP contribution in [-0.4, -0.2) is 11.5 Å². The summed E-state index contributed by atoms with van der Waals surface area (Å²) in [7, 11) is 0. The first-order chi connectivity index (χ1) is 7.75. The lowest BCUT2D eigenvalue weighted by Crippen LogP contribution is -2.15. The van der Waals surface area contributed by atoms with Crippen LogP contribution < -0.4 is 5.32 Å². The fraction of sp³-hybridized carbons (Fsp3) is 0.364. The van der Waals surface area contributed by atoms with Crippen molar-refractivity contribution in [2.24, 2.45) is 0 Å². The molecule has 0 fully saturated rings. The van der Waals surface area contributed by atoms with Crippen LogP contribution in [0.15, 0.2) is 21.4 Å². The summed E-state index contributed by atoms with van der Waals surface area (Å²) in [5.74, 6) is 0. The second-order valence-corrected chi connectivity index (χ2v) is 6.96. The second kappa shape index (κ2) is 5.91. The smallest absolute Gasteiger partial charge is 0.0937 e. The maximum atomic E-state index is 4.25. The molecule has 0 radical (unpaired) electrons. The fourth-order valence-corrected chi connectivity index (χ4v) is 3.61. The number of nitrogens with one attached hydrogen (secondary N) is 1. The van der Waals surface area contributed by atoms with Crippen molar-refractivity contribution in [1.29, 1.82) is 0 Å². The van der Waals surface area contributed by atoms with Crippen molar-refractivity contribution in [3.05, 3.63) is 36.9 Å². The van der Waals surface area contributed by atoms with Crippen LogP contribution in [0.25, 0.3) is 0 Å². The topological polar surface area (TPSA) is 24.9 Å². The van der Waals surface area contributed by atoms with Gasteiger partial charge in [-0.2, -0.15) is 0 Å². The lowest BCUT2D eigenvalue weighted by molar-refractivity contribution is 0.691. The third-order valence-corrected chi connectivity index (χ3v) is 5.18. The molecular weight excluding hydrogens is 304 g/mol. The minimum Gasteiger partial charge on any atom is -0.311 e. The van der Waals surface area contributed by atoms with Crippen molar-refractivity contribution < 1.29 is 0 Å². The number of halogens is 1. The van der Waals surface area contributed by atoms with Gasteiger partial charge in [-0.1, -0.05) is 0 Å². The van der Waals surface area contributed by atoms with E-state index in [-0.39, 0.29) is 0 Å². The number of aromatic nitrogens is 1. The Bertz CT molecular complexity index is 417. The Kier molecular flexibility index (Phi) is 4.52. The van der Waals surface area contributed by atoms with Gasteiger partial charge >= 0.3 is 0 Å². The highest BCUT2D eigenvalue weighted by Crippen LogP contribution is 2.27. The normalized spacial score (nSPS) is 10.9. The molecule has 0 amide bonds. The van der Waals surface area contributed by atoms with Crippen molar-refractivity contribution in [3.8, 4) is 0 Å². The van der Waals surface area contributed by atoms with Gasteiger partial charge < -0.3 is 5.32 Å². The molecule has 86 valence electrons. The summed E-state index contributed by atoms with van der Waals surface area (Å²) in [5.41, 5.74) is 1.32. The molecule has 2 aromatic heterocycles. The van der Waals surface area contributed by atoms with Gasteiger partial charge in [0, 0.05) is 36.0 Å². The highest BCUT2D eigenvalue weighted by Gasteiger charge is 2.02. The van der Waals surface area contributed by atoms with Crippen molar-refractivity contribution in [3.63, 3.8) is 0 Å². The zero-order valence-corrected chi connectivity index (χ0v) is 12.2. The molecule has 2 aromatic rings. The summed E-state index contributed by atoms with van der Waals surface area (Å²) >= 11 is 7.06. The Morgan fingerprint density at radius 2 is 2.38 bits per heavy atom. The van der Waals surface area contributed by atoms with E-state index in [4.69, 9.17) is 0 Å². The number of hydrogen-bond acceptors (Lipinski definition) is 4. The Balaban J connectivity index is 1.72. The molecule has 1 N–H and O–H groups in total. The summed E-state index contributed by atoms with van der Waals surface area (Å²) in [6.07, 6.45) is 2.88. The molecular formula is C11H13BrN2S2. The molecule has 16 heavy (non-hydrogen) atoms. The average molecular weight is 317 g/mol. The molecule has 0 aliphatic carbocycles. The monoisotopic (exact) mass is 316 g/mol. The van der Waals surface area contributed by atoms with E-state index in [0.29, 0.717) is 0 Å². The van der Waals surface area contributed by atoms with Crippen molar-refractivity contribution in [2.45, 2.75) is 19.9 Å². The van der Waals surface area contributed by atoms with Crippen molar-refractivity contribution in [2.75, 3.05) is 6.54 Å². The summed E-state index contributed by atoms with van der Waals surface area (Å²) in [4.78, 5) is 5.63. The minimum absolute atomic E-state index is 0.947. The molecule has 0 atom stereocenters. The SMILES string of the molecule is Cc1cc(CNCCc2nccs2)sc1Br. The summed E-state index contributed by atoms with van der Waals surface area (Å²) < 4.78 is 1.24. The molecule has 0 aromatic carbocycles. The van der Waals surface area contributed by atoms with Gasteiger partial charge in [0.25, 0.3) is 0 Å². The molecule has 2 heterocycles. The van der Waals surface area contributed by atoms with Gasteiger partial charge in [0.2, 0.25) is 0 Å². The van der Waals surface area contributed by atoms with E-state index >= 15 is 0 Å². The number of aryl methyl sites for hydroxylation is 1. The standard InChI is InChI=1S/C11H13BrN2S2/c1-8-6-9(16-11(8)12)7-13-3-2-10-14-4-5-15-10/h4-6,13H,2-3,7H2,1H3. The van der Waals surface area contributed by atoms with Gasteiger partial charge in [0.15, 0.2) is 0 Å². The molecule has 0 saturated heterocycles. The lowest BCUT2D eigenvalue weighted by Gasteiger charge is -2.00. The van der Waals surface area contributed by atoms with Crippen LogP contribution in [0.1, 0.15) is 15.4 Å². The van der Waals surface area contributed by atoms with E-state index in [0.717, 1.165) is 19.5 Å². The summed E-state index contributed by atoms with van der Waals surface area (Å²) in [5, 5.41) is 6.66. The van der Waals surface area contributed by atoms with Crippen LogP contribution in [0.3, 0.4) is 0 Å². The molecule has 0 aliphatic rings. The Labute approximate surface area is 112 Å². The molecule has 0 saturated carbocycles. The average Bonchev–Trinajstić information content (AvgIpc) is 2.85. The fourth-order valence-electron chi connectivity index (χ4n) is 1.39. The molecule has 0 unspecified atom stereocenters. The molecule has 0 bridgehead atoms. The molecule has 2 nitrogen and oxygen atoms in total. The van der Waals surface area contributed by atoms with Crippen LogP contribution in [0, 0.1) is 6.92 Å². The minimum atomic E-state index is 0.947. The first-order valence-corrected chi connectivity index (χ1v) is 7.58. The predicted octanol–water partition coefficient (Wildman–Crippen LogP) is 3.61. The maximum Gasteiger partial charge on any atom is 0.0937 e. The van der Waals surface area contributed by atoms with Crippen molar-refractivity contribution in [1.82, 2.24) is 10.3 Å². The van der Waals surface area contributed by atoms with Gasteiger partial charge in [0.05, 0.1) is 8.79 Å². The Morgan fingerprint density at radius 3 is 3.00 bits per heavy atom. The zero-order chi connectivity index (χ0) is 11.4. The van der Waals surface area contributed by atoms with E-state index in [1.807, 2.05) is 11.6 Å². The zero-order valence-electron chi connectivity index (χ0n) is 9.00. The van der Waals surface area contributed by atoms with Gasteiger partial charge in [0.1, 0.15) is 0 Å². The molecule has 2 rings (SSSR count). The van der Waals surface area contributed by atoms with E-state index < -0.39 is 0 Å². The maximum absolute atomic E-state index is 4.25. The highest BCUT2D eigenvalue weighted by atomic mass is 79.9. The van der Waals surface area contributed by atoms with E-state index in [2.05, 4.69) is 39.2 Å². The van der Waals surface area contributed by atoms with E-state index in [9.17, 15) is 0 Å². The first kappa shape index (κ1) is 12.2. The number of thiophene rings is 1. The van der Waals surface area contributed by atoms with Crippen LogP contribution in [0.2, 0.25) is 0 Å². The third-order valence-electron chi connectivity index (χ3n) is 2.21. The van der Waals surface area contributed by atoms with Gasteiger partial charge in [-0.05, 0) is 34.5 Å². The van der Waals surface area contributed by atoms with Crippen LogP contribution in [0.4, 0.5) is 0 Å². The quantitative estimate of drug-likeness (QED) is 0.852. The molecule has 5 heteroatoms. The van der Waals surface area contributed by atoms with E-state index in [1.165, 1.54) is 19.2 Å². The number of thiazole rings is 1. The van der Waals surface area contributed by atoms with Crippen LogP contribution in [0.5, 0.6) is 0 Å². The number of rotatable bonds is 5. The van der Waals surface area contributed by atoms with Gasteiger partial charge in [-0.3, -0.25) is 0 Å². The van der Waals surface area contributed by atoms with Gasteiger partial charge in [-0.25, -0.2) is 4.98 Å². The Hall–Kier alpha value is -0.230. The van der Waals surface area contributed by atoms with Crippen molar-refractivity contribution >= 4 is 38.6 Å². The lowest BCUT2D eigenvalue weighted by atomic mass is 10.3. The number of hydrogen-bond donors (Lipinski definition) is 1. The Morgan fingerprint density at radius 1 is 1.50 bits per heavy atom. The third kappa shape index (κ3) is 3.38. The second-order valence-electron chi connectivity index (χ2n) is 3.52. The first-order valence-electron chi connectivity index (χ1n) is 5.09. The van der Waals surface area contributed by atoms with Crippen LogP contribution in [-0.2, 0) is 13.0 Å². The summed E-state index contributed by atoms with van der Waals surface area (Å²) in [6, 6.07) is 2.23. The largest absolute Gasteiger partial charge is 0.311 e. The van der Waals surface area contributed by atoms with Gasteiger partial charge in [-0.15, -0.1) is 22.7 Å². The molecule has 0 aliphatic heterocycles.